The minimum Gasteiger partial charge on any atom is -0.396 e. The molecule has 114 valence electrons. The van der Waals surface area contributed by atoms with E-state index in [-0.39, 0.29) is 5.91 Å². The monoisotopic (exact) mass is 306 g/mol. The molecule has 1 aromatic rings. The molecule has 1 fully saturated rings. The van der Waals surface area contributed by atoms with Crippen molar-refractivity contribution in [3.8, 4) is 6.07 Å². The number of hydrogen-bond acceptors (Lipinski definition) is 5. The van der Waals surface area contributed by atoms with Crippen LogP contribution in [0.1, 0.15) is 47.8 Å². The minimum atomic E-state index is -0.157. The largest absolute Gasteiger partial charge is 0.396 e. The summed E-state index contributed by atoms with van der Waals surface area (Å²) in [6, 6.07) is 2.12. The molecule has 1 aromatic heterocycles. The van der Waals surface area contributed by atoms with Crippen molar-refractivity contribution in [1.82, 2.24) is 4.90 Å². The molecule has 0 aromatic carbocycles. The van der Waals surface area contributed by atoms with Gasteiger partial charge < -0.3 is 16.0 Å². The molecule has 1 aliphatic rings. The Hall–Kier alpha value is -1.74. The van der Waals surface area contributed by atoms with Crippen molar-refractivity contribution < 1.29 is 4.79 Å². The summed E-state index contributed by atoms with van der Waals surface area (Å²) in [5.41, 5.74) is 7.01. The lowest BCUT2D eigenvalue weighted by Gasteiger charge is -2.41. The molecule has 0 bridgehead atoms. The predicted octanol–water partition coefficient (Wildman–Crippen LogP) is 2.90. The molecule has 2 rings (SSSR count). The number of hydrogen-bond donors (Lipinski definition) is 2. The number of anilines is 2. The Labute approximate surface area is 129 Å². The van der Waals surface area contributed by atoms with E-state index in [1.54, 1.807) is 14.1 Å². The van der Waals surface area contributed by atoms with Gasteiger partial charge in [-0.2, -0.15) is 5.26 Å². The standard InChI is InChI=1S/C15H22N4OS/c1-4-15(6-5-7-15)9-18-13-10(8-16)11(17)12(21-13)14(20)19(2)3/h18H,4-7,9,17H2,1-3H3. The number of nitrogen functional groups attached to an aromatic ring is 1. The van der Waals surface area contributed by atoms with Crippen LogP contribution in [-0.2, 0) is 0 Å². The first-order valence-corrected chi connectivity index (χ1v) is 8.03. The van der Waals surface area contributed by atoms with Gasteiger partial charge in [-0.15, -0.1) is 11.3 Å². The van der Waals surface area contributed by atoms with Gasteiger partial charge in [0.1, 0.15) is 21.5 Å². The van der Waals surface area contributed by atoms with Crippen molar-refractivity contribution in [2.24, 2.45) is 5.41 Å². The van der Waals surface area contributed by atoms with Crippen molar-refractivity contribution in [2.45, 2.75) is 32.6 Å². The quantitative estimate of drug-likeness (QED) is 0.876. The number of nitrogens with two attached hydrogens (primary N) is 1. The lowest BCUT2D eigenvalue weighted by atomic mass is 9.67. The third-order valence-electron chi connectivity index (χ3n) is 4.45. The van der Waals surface area contributed by atoms with Gasteiger partial charge in [0.2, 0.25) is 0 Å². The number of thiophene rings is 1. The van der Waals surface area contributed by atoms with Crippen LogP contribution < -0.4 is 11.1 Å². The van der Waals surface area contributed by atoms with E-state index in [1.807, 2.05) is 0 Å². The zero-order valence-electron chi connectivity index (χ0n) is 12.8. The van der Waals surface area contributed by atoms with E-state index < -0.39 is 0 Å². The van der Waals surface area contributed by atoms with Gasteiger partial charge in [-0.1, -0.05) is 13.3 Å². The minimum absolute atomic E-state index is 0.157. The van der Waals surface area contributed by atoms with Crippen molar-refractivity contribution in [2.75, 3.05) is 31.7 Å². The Bertz CT molecular complexity index is 576. The van der Waals surface area contributed by atoms with Gasteiger partial charge in [0, 0.05) is 20.6 Å². The molecule has 3 N–H and O–H groups in total. The van der Waals surface area contributed by atoms with E-state index in [1.165, 1.54) is 35.5 Å². The molecule has 1 amide bonds. The molecule has 0 radical (unpaired) electrons. The molecule has 0 aliphatic heterocycles. The maximum atomic E-state index is 12.1. The fourth-order valence-corrected chi connectivity index (χ4v) is 3.73. The summed E-state index contributed by atoms with van der Waals surface area (Å²) in [5.74, 6) is -0.157. The van der Waals surface area contributed by atoms with Crippen LogP contribution in [0.5, 0.6) is 0 Å². The molecule has 5 nitrogen and oxygen atoms in total. The van der Waals surface area contributed by atoms with Crippen molar-refractivity contribution in [3.05, 3.63) is 10.4 Å². The van der Waals surface area contributed by atoms with Gasteiger partial charge in [0.15, 0.2) is 0 Å². The van der Waals surface area contributed by atoms with Gasteiger partial charge >= 0.3 is 0 Å². The van der Waals surface area contributed by atoms with E-state index in [4.69, 9.17) is 5.73 Å². The van der Waals surface area contributed by atoms with Crippen molar-refractivity contribution in [3.63, 3.8) is 0 Å². The van der Waals surface area contributed by atoms with Gasteiger partial charge in [0.25, 0.3) is 5.91 Å². The number of nitriles is 1. The van der Waals surface area contributed by atoms with Crippen LogP contribution in [0.25, 0.3) is 0 Å². The third-order valence-corrected chi connectivity index (χ3v) is 5.60. The molecule has 0 unspecified atom stereocenters. The zero-order valence-corrected chi connectivity index (χ0v) is 13.6. The second kappa shape index (κ2) is 5.94. The summed E-state index contributed by atoms with van der Waals surface area (Å²) in [7, 11) is 3.36. The Morgan fingerprint density at radius 2 is 2.19 bits per heavy atom. The summed E-state index contributed by atoms with van der Waals surface area (Å²) in [6.45, 7) is 3.05. The Balaban J connectivity index is 2.22. The lowest BCUT2D eigenvalue weighted by Crippen LogP contribution is -2.35. The van der Waals surface area contributed by atoms with Crippen LogP contribution in [-0.4, -0.2) is 31.4 Å². The lowest BCUT2D eigenvalue weighted by molar-refractivity contribution is 0.0833. The van der Waals surface area contributed by atoms with E-state index in [2.05, 4.69) is 18.3 Å². The fraction of sp³-hybridized carbons (Fsp3) is 0.600. The van der Waals surface area contributed by atoms with Gasteiger partial charge in [-0.05, 0) is 24.7 Å². The number of amides is 1. The van der Waals surface area contributed by atoms with E-state index >= 15 is 0 Å². The Kier molecular flexibility index (Phi) is 4.43. The summed E-state index contributed by atoms with van der Waals surface area (Å²) >= 11 is 1.28. The molecule has 0 spiro atoms. The predicted molar refractivity (Wildman–Crippen MR) is 86.5 cm³/mol. The van der Waals surface area contributed by atoms with Crippen LogP contribution in [0, 0.1) is 16.7 Å². The average molecular weight is 306 g/mol. The van der Waals surface area contributed by atoms with Gasteiger partial charge in [0.05, 0.1) is 5.69 Å². The smallest absolute Gasteiger partial charge is 0.265 e. The molecule has 6 heteroatoms. The van der Waals surface area contributed by atoms with Crippen LogP contribution >= 0.6 is 11.3 Å². The van der Waals surface area contributed by atoms with E-state index in [0.717, 1.165) is 18.0 Å². The maximum absolute atomic E-state index is 12.1. The third kappa shape index (κ3) is 2.84. The van der Waals surface area contributed by atoms with Crippen LogP contribution in [0.4, 0.5) is 10.7 Å². The van der Waals surface area contributed by atoms with Crippen molar-refractivity contribution >= 4 is 27.9 Å². The number of carbonyl (C=O) groups is 1. The highest BCUT2D eigenvalue weighted by Gasteiger charge is 2.35. The number of carbonyl (C=O) groups excluding carboxylic acids is 1. The van der Waals surface area contributed by atoms with Crippen LogP contribution in [0.3, 0.4) is 0 Å². The Morgan fingerprint density at radius 3 is 2.62 bits per heavy atom. The Morgan fingerprint density at radius 1 is 1.52 bits per heavy atom. The molecular formula is C15H22N4OS. The van der Waals surface area contributed by atoms with E-state index in [0.29, 0.717) is 21.5 Å². The molecule has 1 aliphatic carbocycles. The van der Waals surface area contributed by atoms with Gasteiger partial charge in [-0.3, -0.25) is 4.79 Å². The summed E-state index contributed by atoms with van der Waals surface area (Å²) in [4.78, 5) is 14.0. The SMILES string of the molecule is CCC1(CNc2sc(C(=O)N(C)C)c(N)c2C#N)CCC1. The molecule has 21 heavy (non-hydrogen) atoms. The molecule has 0 atom stereocenters. The first kappa shape index (κ1) is 15.6. The molecule has 1 saturated carbocycles. The number of rotatable bonds is 5. The molecule has 1 heterocycles. The summed E-state index contributed by atoms with van der Waals surface area (Å²) in [6.07, 6.45) is 4.86. The first-order chi connectivity index (χ1) is 9.94. The normalized spacial score (nSPS) is 15.9. The second-order valence-corrected chi connectivity index (χ2v) is 6.94. The highest BCUT2D eigenvalue weighted by atomic mass is 32.1. The van der Waals surface area contributed by atoms with E-state index in [9.17, 15) is 10.1 Å². The van der Waals surface area contributed by atoms with Gasteiger partial charge in [-0.25, -0.2) is 0 Å². The van der Waals surface area contributed by atoms with Crippen LogP contribution in [0.15, 0.2) is 0 Å². The van der Waals surface area contributed by atoms with Crippen molar-refractivity contribution in [1.29, 1.82) is 5.26 Å². The summed E-state index contributed by atoms with van der Waals surface area (Å²) < 4.78 is 0. The zero-order chi connectivity index (χ0) is 15.6. The first-order valence-electron chi connectivity index (χ1n) is 7.22. The topological polar surface area (TPSA) is 82.2 Å². The average Bonchev–Trinajstić information content (AvgIpc) is 2.73. The second-order valence-electron chi connectivity index (χ2n) is 5.92. The number of nitrogens with one attached hydrogen (secondary N) is 1. The molecule has 0 saturated heterocycles. The summed E-state index contributed by atoms with van der Waals surface area (Å²) in [5, 5.41) is 13.4. The highest BCUT2D eigenvalue weighted by molar-refractivity contribution is 7.18. The maximum Gasteiger partial charge on any atom is 0.265 e. The highest BCUT2D eigenvalue weighted by Crippen LogP contribution is 2.45. The molecular weight excluding hydrogens is 284 g/mol. The van der Waals surface area contributed by atoms with Crippen LogP contribution in [0.2, 0.25) is 0 Å². The fourth-order valence-electron chi connectivity index (χ4n) is 2.64. The number of nitrogens with zero attached hydrogens (tertiary/aromatic N) is 2.